The lowest BCUT2D eigenvalue weighted by molar-refractivity contribution is -0.148. The summed E-state index contributed by atoms with van der Waals surface area (Å²) in [6.07, 6.45) is 23.3. The molecule has 4 aliphatic heterocycles. The molecule has 4 aromatic carbocycles. The van der Waals surface area contributed by atoms with E-state index in [1.165, 1.54) is 0 Å². The van der Waals surface area contributed by atoms with Crippen molar-refractivity contribution in [2.24, 2.45) is 35.5 Å². The van der Waals surface area contributed by atoms with Crippen LogP contribution < -0.4 is 9.47 Å². The molecule has 0 amide bonds. The first-order chi connectivity index (χ1) is 54.0. The van der Waals surface area contributed by atoms with Crippen molar-refractivity contribution in [3.05, 3.63) is 119 Å². The van der Waals surface area contributed by atoms with E-state index < -0.39 is 12.2 Å². The van der Waals surface area contributed by atoms with Crippen LogP contribution in [0.1, 0.15) is 250 Å². The van der Waals surface area contributed by atoms with Crippen LogP contribution in [-0.2, 0) is 87.0 Å². The molecule has 10 aliphatic rings. The second-order valence-corrected chi connectivity index (χ2v) is 34.5. The van der Waals surface area contributed by atoms with Gasteiger partial charge in [-0.2, -0.15) is 0 Å². The molecule has 18 unspecified atom stereocenters. The van der Waals surface area contributed by atoms with Gasteiger partial charge in [0.2, 0.25) is 0 Å². The summed E-state index contributed by atoms with van der Waals surface area (Å²) < 4.78 is 67.4. The van der Waals surface area contributed by atoms with Crippen LogP contribution >= 0.6 is 0 Å². The van der Waals surface area contributed by atoms with E-state index in [2.05, 4.69) is 52.0 Å². The maximum absolute atomic E-state index is 12.4. The van der Waals surface area contributed by atoms with Crippen molar-refractivity contribution in [1.82, 2.24) is 0 Å². The Morgan fingerprint density at radius 3 is 0.743 bits per heavy atom. The monoisotopic (exact) mass is 1570 g/mol. The third-order valence-electron chi connectivity index (χ3n) is 25.0. The van der Waals surface area contributed by atoms with Gasteiger partial charge >= 0.3 is 35.8 Å². The van der Waals surface area contributed by atoms with Gasteiger partial charge < -0.3 is 77.3 Å². The Morgan fingerprint density at radius 2 is 0.522 bits per heavy atom. The normalized spacial score (nSPS) is 28.9. The van der Waals surface area contributed by atoms with Gasteiger partial charge in [0.25, 0.3) is 0 Å². The predicted octanol–water partition coefficient (Wildman–Crippen LogP) is 15.1. The van der Waals surface area contributed by atoms with E-state index in [0.29, 0.717) is 200 Å². The Bertz CT molecular complexity index is 3420. The van der Waals surface area contributed by atoms with Gasteiger partial charge in [0, 0.05) is 49.4 Å². The third-order valence-corrected chi connectivity index (χ3v) is 25.0. The number of esters is 6. The summed E-state index contributed by atoms with van der Waals surface area (Å²) in [6.45, 7) is 11.0. The van der Waals surface area contributed by atoms with Crippen molar-refractivity contribution in [3.63, 3.8) is 0 Å². The zero-order valence-electron chi connectivity index (χ0n) is 66.2. The van der Waals surface area contributed by atoms with E-state index in [1.54, 1.807) is 24.3 Å². The highest BCUT2D eigenvalue weighted by atomic mass is 16.6. The number of phenols is 2. The minimum atomic E-state index is -0.678. The highest BCUT2D eigenvalue weighted by Crippen LogP contribution is 2.44. The third kappa shape index (κ3) is 27.1. The van der Waals surface area contributed by atoms with Gasteiger partial charge in [-0.05, 0) is 260 Å². The Hall–Kier alpha value is -7.34. The molecule has 18 atom stereocenters. The molecule has 4 heterocycles. The van der Waals surface area contributed by atoms with E-state index in [-0.39, 0.29) is 116 Å². The molecule has 10 fully saturated rings. The van der Waals surface area contributed by atoms with Crippen molar-refractivity contribution in [2.75, 3.05) is 39.6 Å². The lowest BCUT2D eigenvalue weighted by Crippen LogP contribution is -2.39. The van der Waals surface area contributed by atoms with Crippen LogP contribution in [0.2, 0.25) is 0 Å². The molecule has 6 saturated carbocycles. The highest BCUT2D eigenvalue weighted by molar-refractivity contribution is 5.72. The number of unbranched alkanes of at least 4 members (excludes halogenated alkanes) is 3. The maximum atomic E-state index is 12.4. The van der Waals surface area contributed by atoms with Gasteiger partial charge in [-0.3, -0.25) is 28.8 Å². The van der Waals surface area contributed by atoms with Gasteiger partial charge in [-0.15, -0.1) is 0 Å². The van der Waals surface area contributed by atoms with Crippen molar-refractivity contribution in [3.8, 4) is 23.0 Å². The number of aromatic hydroxyl groups is 2. The fraction of sp³-hybridized carbons (Fsp3) is 0.670. The van der Waals surface area contributed by atoms with Crippen LogP contribution in [0, 0.1) is 35.5 Å². The first kappa shape index (κ1) is 86.5. The maximum Gasteiger partial charge on any atom is 0.305 e. The summed E-state index contributed by atoms with van der Waals surface area (Å²) in [5.41, 5.74) is 3.98. The number of ether oxygens (including phenoxy) is 12. The first-order valence-corrected chi connectivity index (χ1v) is 42.1. The Balaban J connectivity index is 0.000000230. The second-order valence-electron chi connectivity index (χ2n) is 34.5. The van der Waals surface area contributed by atoms with Crippen LogP contribution in [0.15, 0.2) is 97.1 Å². The standard InChI is InChI=1S/C55H76O14.C20H30O6.C15H16O2.CH4/c1-55(2,39-15-19-41(20-16-39)66-45-23-11-35(27-43(45)56)31-62-51(58)7-3-5-9-53(60)64-33-37-13-25-47-49(29-37)68-47)40-17-21-42(22-18-40)67-46-24-12-36(28-44(46)57)32-63-52(59)8-4-6-10-54(61)65-34-38-14-26-48-50(30-38)69-48;21-19(23-11-13-5-7-15-17(9-13)25-15)3-1-2-4-20(22)24-12-14-6-8-16-18(10-14)26-16;1-15(2,11-3-7-13(16)8-4-11)12-5-9-14(17)10-6-12;/h15-22,35-38,43-50,56-57H,3-14,23-34H2,1-2H3;13-18H,1-12H2;3-10,16-17H,1-2H3;1H4. The summed E-state index contributed by atoms with van der Waals surface area (Å²) in [5, 5.41) is 40.5. The zero-order chi connectivity index (χ0) is 78.7. The van der Waals surface area contributed by atoms with Crippen molar-refractivity contribution in [2.45, 2.75) is 312 Å². The van der Waals surface area contributed by atoms with E-state index in [9.17, 15) is 49.2 Å². The molecule has 0 spiro atoms. The van der Waals surface area contributed by atoms with E-state index in [4.69, 9.17) is 56.8 Å². The summed E-state index contributed by atoms with van der Waals surface area (Å²) in [4.78, 5) is 72.8. The van der Waals surface area contributed by atoms with E-state index in [1.807, 2.05) is 48.5 Å². The highest BCUT2D eigenvalue weighted by Gasteiger charge is 2.47. The fourth-order valence-electron chi connectivity index (χ4n) is 17.2. The molecule has 622 valence electrons. The van der Waals surface area contributed by atoms with Crippen molar-refractivity contribution < 1.29 is 106 Å². The topological polar surface area (TPSA) is 307 Å². The molecule has 0 bridgehead atoms. The minimum Gasteiger partial charge on any atom is -0.508 e. The number of hydrogen-bond donors (Lipinski definition) is 4. The number of epoxide rings is 4. The van der Waals surface area contributed by atoms with Gasteiger partial charge in [0.15, 0.2) is 0 Å². The van der Waals surface area contributed by atoms with Crippen LogP contribution in [0.3, 0.4) is 0 Å². The van der Waals surface area contributed by atoms with Gasteiger partial charge in [-0.25, -0.2) is 0 Å². The predicted molar refractivity (Wildman–Crippen MR) is 421 cm³/mol. The summed E-state index contributed by atoms with van der Waals surface area (Å²) in [6, 6.07) is 30.4. The number of aliphatic hydroxyl groups excluding tert-OH is 2. The Labute approximate surface area is 668 Å². The number of aliphatic hydroxyl groups is 2. The summed E-state index contributed by atoms with van der Waals surface area (Å²) in [7, 11) is 0. The Morgan fingerprint density at radius 1 is 0.310 bits per heavy atom. The number of carbonyl (C=O) groups is 6. The Kier molecular flexibility index (Phi) is 31.8. The van der Waals surface area contributed by atoms with Crippen LogP contribution in [0.4, 0.5) is 0 Å². The van der Waals surface area contributed by atoms with Gasteiger partial charge in [-0.1, -0.05) is 83.7 Å². The van der Waals surface area contributed by atoms with Crippen LogP contribution in [0.25, 0.3) is 0 Å². The molecular formula is C91H126O22. The summed E-state index contributed by atoms with van der Waals surface area (Å²) >= 11 is 0. The average Bonchev–Trinajstić information content (AvgIpc) is 1.21. The number of benzene rings is 4. The molecule has 22 heteroatoms. The molecule has 6 aliphatic carbocycles. The smallest absolute Gasteiger partial charge is 0.305 e. The van der Waals surface area contributed by atoms with Crippen molar-refractivity contribution >= 4 is 35.8 Å². The molecule has 0 aromatic heterocycles. The molecule has 4 aromatic rings. The van der Waals surface area contributed by atoms with Crippen LogP contribution in [-0.4, -0.2) is 169 Å². The lowest BCUT2D eigenvalue weighted by Gasteiger charge is -2.33. The average molecular weight is 1570 g/mol. The van der Waals surface area contributed by atoms with Gasteiger partial charge in [0.1, 0.15) is 35.2 Å². The zero-order valence-corrected chi connectivity index (χ0v) is 66.2. The lowest BCUT2D eigenvalue weighted by atomic mass is 9.78. The molecule has 22 nitrogen and oxygen atoms in total. The fourth-order valence-corrected chi connectivity index (χ4v) is 17.2. The first-order valence-electron chi connectivity index (χ1n) is 42.1. The number of phenolic OH excluding ortho intramolecular Hbond substituents is 2. The van der Waals surface area contributed by atoms with Crippen LogP contribution in [0.5, 0.6) is 23.0 Å². The number of fused-ring (bicyclic) bond motifs is 4. The quantitative estimate of drug-likeness (QED) is 0.0144. The summed E-state index contributed by atoms with van der Waals surface area (Å²) in [5.74, 6) is 2.43. The molecule has 0 radical (unpaired) electrons. The van der Waals surface area contributed by atoms with E-state index in [0.717, 1.165) is 112 Å². The molecule has 4 saturated heterocycles. The van der Waals surface area contributed by atoms with Gasteiger partial charge in [0.05, 0.1) is 101 Å². The molecule has 14 rings (SSSR count). The van der Waals surface area contributed by atoms with E-state index >= 15 is 0 Å². The second kappa shape index (κ2) is 41.5. The largest absolute Gasteiger partial charge is 0.508 e. The molecule has 4 N–H and O–H groups in total. The number of carbonyl (C=O) groups excluding carboxylic acids is 6. The molecular weight excluding hydrogens is 1440 g/mol. The minimum absolute atomic E-state index is 0. The molecule has 113 heavy (non-hydrogen) atoms. The van der Waals surface area contributed by atoms with Crippen molar-refractivity contribution in [1.29, 1.82) is 0 Å². The SMILES string of the molecule is C.CC(C)(c1ccc(O)cc1)c1ccc(O)cc1.CC(C)(c1ccc(OC2CCC(COC(=O)CCCCC(=O)OCC3CCC4OC4C3)CC2O)cc1)c1ccc(OC2CCC(COC(=O)CCCCC(=O)OCC3CCC4OC4C3)CC2O)cc1.O=C(CCCCC(=O)OCC1CCC2OC2C1)OCC1CCC2OC2C1. The number of hydrogen-bond acceptors (Lipinski definition) is 22. The number of rotatable bonds is 35.